The van der Waals surface area contributed by atoms with Gasteiger partial charge in [0.25, 0.3) is 0 Å². The van der Waals surface area contributed by atoms with E-state index in [0.29, 0.717) is 0 Å². The molecular formula is C15H5F23O2. The van der Waals surface area contributed by atoms with Crippen molar-refractivity contribution in [2.24, 2.45) is 5.41 Å². The van der Waals surface area contributed by atoms with Crippen LogP contribution in [0.3, 0.4) is 0 Å². The summed E-state index contributed by atoms with van der Waals surface area (Å²) in [5.41, 5.74) is -11.4. The summed E-state index contributed by atoms with van der Waals surface area (Å²) in [7, 11) is 0. The van der Waals surface area contributed by atoms with E-state index in [1.807, 2.05) is 4.74 Å². The Kier molecular flexibility index (Phi) is 8.75. The van der Waals surface area contributed by atoms with Gasteiger partial charge in [-0.3, -0.25) is 0 Å². The van der Waals surface area contributed by atoms with Crippen molar-refractivity contribution in [2.75, 3.05) is 0 Å². The van der Waals surface area contributed by atoms with Gasteiger partial charge in [0.2, 0.25) is 0 Å². The van der Waals surface area contributed by atoms with Crippen LogP contribution in [0.4, 0.5) is 101 Å². The molecule has 0 N–H and O–H groups in total. The van der Waals surface area contributed by atoms with Crippen LogP contribution in [-0.2, 0) is 9.53 Å². The Morgan fingerprint density at radius 1 is 0.450 bits per heavy atom. The lowest BCUT2D eigenvalue weighted by molar-refractivity contribution is -0.531. The minimum Gasteiger partial charge on any atom is -0.417 e. The number of carbonyl (C=O) groups is 1. The number of hydrogen-bond acceptors (Lipinski definition) is 2. The summed E-state index contributed by atoms with van der Waals surface area (Å²) >= 11 is 0. The maximum atomic E-state index is 15.1. The topological polar surface area (TPSA) is 26.3 Å². The van der Waals surface area contributed by atoms with Crippen LogP contribution in [0.1, 0.15) is 6.92 Å². The first-order valence-corrected chi connectivity index (χ1v) is 8.56. The molecule has 0 aromatic heterocycles. The number of ether oxygens (including phenoxy) is 1. The van der Waals surface area contributed by atoms with Gasteiger partial charge in [0.1, 0.15) is 0 Å². The third-order valence-corrected chi connectivity index (χ3v) is 4.68. The smallest absolute Gasteiger partial charge is 0.417 e. The van der Waals surface area contributed by atoms with E-state index in [4.69, 9.17) is 0 Å². The van der Waals surface area contributed by atoms with Gasteiger partial charge < -0.3 is 4.74 Å². The van der Waals surface area contributed by atoms with Crippen LogP contribution >= 0.6 is 0 Å². The Hall–Kier alpha value is -2.40. The molecule has 40 heavy (non-hydrogen) atoms. The third kappa shape index (κ3) is 4.57. The molecule has 0 radical (unpaired) electrons. The molecule has 25 heteroatoms. The van der Waals surface area contributed by atoms with Crippen molar-refractivity contribution in [1.82, 2.24) is 0 Å². The van der Waals surface area contributed by atoms with Gasteiger partial charge in [-0.1, -0.05) is 6.58 Å². The lowest BCUT2D eigenvalue weighted by Crippen LogP contribution is -2.81. The molecule has 0 aromatic carbocycles. The van der Waals surface area contributed by atoms with E-state index in [1.165, 1.54) is 0 Å². The quantitative estimate of drug-likeness (QED) is 0.150. The molecule has 0 bridgehead atoms. The Morgan fingerprint density at radius 3 is 0.925 bits per heavy atom. The van der Waals surface area contributed by atoms with Crippen molar-refractivity contribution >= 4 is 5.97 Å². The zero-order valence-electron chi connectivity index (χ0n) is 17.7. The fourth-order valence-electron chi connectivity index (χ4n) is 2.59. The van der Waals surface area contributed by atoms with Gasteiger partial charge in [0, 0.05) is 5.57 Å². The van der Waals surface area contributed by atoms with Crippen LogP contribution in [0.5, 0.6) is 0 Å². The van der Waals surface area contributed by atoms with E-state index < -0.39 is 77.1 Å². The van der Waals surface area contributed by atoms with Crippen LogP contribution in [-0.4, -0.2) is 66.1 Å². The van der Waals surface area contributed by atoms with Crippen molar-refractivity contribution in [3.8, 4) is 0 Å². The van der Waals surface area contributed by atoms with Gasteiger partial charge >= 0.3 is 71.6 Å². The highest BCUT2D eigenvalue weighted by Crippen LogP contribution is 2.72. The number of carbonyl (C=O) groups excluding carboxylic acids is 1. The predicted molar refractivity (Wildman–Crippen MR) is 76.1 cm³/mol. The number of hydrogen-bond donors (Lipinski definition) is 0. The lowest BCUT2D eigenvalue weighted by atomic mass is 9.71. The summed E-state index contributed by atoms with van der Waals surface area (Å²) in [5.74, 6) is -59.2. The highest BCUT2D eigenvalue weighted by molar-refractivity contribution is 5.87. The SMILES string of the molecule is C=C(C)C(=O)OC(F)(C(F)(F)C(F)(F)C(F)(F)C(F)(F)C(F)(F)C(F)(F)F)C(C(F)(F)F)(C(F)(F)F)C(F)(F)F. The molecule has 2 nitrogen and oxygen atoms in total. The molecule has 0 rings (SSSR count). The van der Waals surface area contributed by atoms with Crippen molar-refractivity contribution in [1.29, 1.82) is 0 Å². The first-order valence-electron chi connectivity index (χ1n) is 8.56. The van der Waals surface area contributed by atoms with Gasteiger partial charge in [0.15, 0.2) is 0 Å². The Bertz CT molecular complexity index is 940. The van der Waals surface area contributed by atoms with Crippen molar-refractivity contribution in [3.05, 3.63) is 12.2 Å². The molecular weight excluding hydrogens is 649 g/mol. The minimum absolute atomic E-state index is 0.165. The molecule has 238 valence electrons. The Morgan fingerprint density at radius 2 is 0.700 bits per heavy atom. The molecule has 0 aliphatic heterocycles. The highest BCUT2D eigenvalue weighted by atomic mass is 19.4. The molecule has 0 aromatic rings. The lowest BCUT2D eigenvalue weighted by Gasteiger charge is -2.50. The molecule has 1 unspecified atom stereocenters. The van der Waals surface area contributed by atoms with E-state index in [1.54, 1.807) is 0 Å². The first-order chi connectivity index (χ1) is 16.8. The second-order valence-electron chi connectivity index (χ2n) is 7.38. The van der Waals surface area contributed by atoms with Crippen molar-refractivity contribution in [2.45, 2.75) is 67.1 Å². The molecule has 0 amide bonds. The fourth-order valence-corrected chi connectivity index (χ4v) is 2.59. The fraction of sp³-hybridized carbons (Fsp3) is 0.800. The van der Waals surface area contributed by atoms with Gasteiger partial charge in [-0.25, -0.2) is 4.79 Å². The maximum absolute atomic E-state index is 15.1. The largest absolute Gasteiger partial charge is 0.460 e. The summed E-state index contributed by atoms with van der Waals surface area (Å²) in [6.07, 6.45) is -34.9. The van der Waals surface area contributed by atoms with Crippen LogP contribution in [0, 0.1) is 5.41 Å². The number of halogens is 23. The van der Waals surface area contributed by atoms with Gasteiger partial charge in [-0.2, -0.15) is 101 Å². The standard InChI is InChI=1S/C15H5F23O2/c1-3(2)4(39)40-11(26,5(12(27,28)29,13(30,31)32)14(33,34)35)9(22,23)7(18,19)6(16,17)8(20,21)10(24,25)15(36,37)38/h1H2,2H3. The summed E-state index contributed by atoms with van der Waals surface area (Å²) in [4.78, 5) is 11.3. The average Bonchev–Trinajstić information content (AvgIpc) is 2.62. The summed E-state index contributed by atoms with van der Waals surface area (Å²) in [5, 5.41) is 0. The van der Waals surface area contributed by atoms with Gasteiger partial charge in [0.05, 0.1) is 0 Å². The molecule has 0 aliphatic rings. The second-order valence-corrected chi connectivity index (χ2v) is 7.38. The molecule has 0 fully saturated rings. The van der Waals surface area contributed by atoms with E-state index in [-0.39, 0.29) is 6.92 Å². The van der Waals surface area contributed by atoms with E-state index in [2.05, 4.69) is 6.58 Å². The molecule has 0 spiro atoms. The Balaban J connectivity index is 8.34. The summed E-state index contributed by atoms with van der Waals surface area (Å²) < 4.78 is 309. The predicted octanol–water partition coefficient (Wildman–Crippen LogP) is 8.18. The van der Waals surface area contributed by atoms with Crippen LogP contribution < -0.4 is 0 Å². The average molecular weight is 654 g/mol. The minimum atomic E-state index is -9.57. The molecule has 0 heterocycles. The monoisotopic (exact) mass is 654 g/mol. The third-order valence-electron chi connectivity index (χ3n) is 4.68. The van der Waals surface area contributed by atoms with Crippen LogP contribution in [0.15, 0.2) is 12.2 Å². The zero-order valence-corrected chi connectivity index (χ0v) is 17.7. The highest BCUT2D eigenvalue weighted by Gasteiger charge is 3.03. The van der Waals surface area contributed by atoms with E-state index in [9.17, 15) is 101 Å². The zero-order chi connectivity index (χ0) is 33.4. The summed E-state index contributed by atoms with van der Waals surface area (Å²) in [6.45, 7) is 1.93. The van der Waals surface area contributed by atoms with Gasteiger partial charge in [-0.15, -0.1) is 0 Å². The molecule has 0 saturated carbocycles. The second kappa shape index (κ2) is 9.31. The normalized spacial score (nSPS) is 17.4. The van der Waals surface area contributed by atoms with E-state index >= 15 is 4.39 Å². The summed E-state index contributed by atoms with van der Waals surface area (Å²) in [6, 6.07) is 0. The number of esters is 1. The molecule has 0 saturated heterocycles. The van der Waals surface area contributed by atoms with Gasteiger partial charge in [-0.05, 0) is 6.92 Å². The van der Waals surface area contributed by atoms with E-state index in [0.717, 1.165) is 0 Å². The van der Waals surface area contributed by atoms with Crippen molar-refractivity contribution in [3.63, 3.8) is 0 Å². The van der Waals surface area contributed by atoms with Crippen LogP contribution in [0.25, 0.3) is 0 Å². The maximum Gasteiger partial charge on any atom is 0.460 e. The number of rotatable bonds is 8. The Labute approximate surface area is 202 Å². The first kappa shape index (κ1) is 37.6. The molecule has 1 atom stereocenters. The molecule has 0 aliphatic carbocycles. The van der Waals surface area contributed by atoms with Crippen LogP contribution in [0.2, 0.25) is 0 Å². The van der Waals surface area contributed by atoms with Crippen molar-refractivity contribution < 1.29 is 111 Å². The number of alkyl halides is 23.